The molecule has 0 atom stereocenters. The lowest BCUT2D eigenvalue weighted by Crippen LogP contribution is -2.14. The second kappa shape index (κ2) is 10.3. The third-order valence-corrected chi connectivity index (χ3v) is 11.0. The molecule has 4 heteroatoms. The third kappa shape index (κ3) is 3.90. The van der Waals surface area contributed by atoms with Crippen LogP contribution in [0.1, 0.15) is 25.0 Å². The number of hydrogen-bond acceptors (Lipinski definition) is 3. The van der Waals surface area contributed by atoms with Crippen LogP contribution in [0.4, 0.5) is 0 Å². The molecular formula is C47H31N3O. The van der Waals surface area contributed by atoms with Crippen molar-refractivity contribution in [3.8, 4) is 39.5 Å². The Morgan fingerprint density at radius 1 is 0.529 bits per heavy atom. The first-order chi connectivity index (χ1) is 25.1. The van der Waals surface area contributed by atoms with Crippen molar-refractivity contribution in [2.45, 2.75) is 19.3 Å². The number of rotatable bonds is 3. The van der Waals surface area contributed by atoms with Crippen molar-refractivity contribution in [3.05, 3.63) is 163 Å². The molecule has 4 nitrogen and oxygen atoms in total. The maximum Gasteiger partial charge on any atom is 0.235 e. The summed E-state index contributed by atoms with van der Waals surface area (Å²) in [5.74, 6) is 0.614. The maximum absolute atomic E-state index is 6.82. The van der Waals surface area contributed by atoms with Crippen molar-refractivity contribution in [1.29, 1.82) is 0 Å². The minimum atomic E-state index is -0.117. The van der Waals surface area contributed by atoms with Gasteiger partial charge in [0.25, 0.3) is 0 Å². The summed E-state index contributed by atoms with van der Waals surface area (Å²) in [7, 11) is 0. The first kappa shape index (κ1) is 28.3. The van der Waals surface area contributed by atoms with E-state index in [2.05, 4.69) is 152 Å². The quantitative estimate of drug-likeness (QED) is 0.191. The van der Waals surface area contributed by atoms with E-state index in [0.29, 0.717) is 5.95 Å². The molecule has 1 aliphatic rings. The first-order valence-electron chi connectivity index (χ1n) is 17.5. The summed E-state index contributed by atoms with van der Waals surface area (Å²) >= 11 is 0. The highest BCUT2D eigenvalue weighted by Crippen LogP contribution is 2.51. The van der Waals surface area contributed by atoms with Crippen molar-refractivity contribution < 1.29 is 4.42 Å². The monoisotopic (exact) mass is 653 g/mol. The molecule has 11 rings (SSSR count). The van der Waals surface area contributed by atoms with Crippen molar-refractivity contribution in [1.82, 2.24) is 14.5 Å². The normalized spacial score (nSPS) is 13.5. The molecule has 0 N–H and O–H groups in total. The highest BCUT2D eigenvalue weighted by atomic mass is 16.3. The minimum absolute atomic E-state index is 0.117. The molecule has 0 saturated carbocycles. The van der Waals surface area contributed by atoms with Gasteiger partial charge in [-0.1, -0.05) is 135 Å². The Labute approximate surface area is 294 Å². The maximum atomic E-state index is 6.82. The minimum Gasteiger partial charge on any atom is -0.454 e. The van der Waals surface area contributed by atoms with Crippen LogP contribution in [0.25, 0.3) is 94.1 Å². The van der Waals surface area contributed by atoms with E-state index in [4.69, 9.17) is 14.4 Å². The summed E-state index contributed by atoms with van der Waals surface area (Å²) in [6.07, 6.45) is 0. The number of para-hydroxylation sites is 3. The van der Waals surface area contributed by atoms with Gasteiger partial charge >= 0.3 is 0 Å². The van der Waals surface area contributed by atoms with Crippen molar-refractivity contribution >= 4 is 54.6 Å². The molecular weight excluding hydrogens is 623 g/mol. The average Bonchev–Trinajstić information content (AvgIpc) is 3.80. The molecule has 7 aromatic carbocycles. The zero-order valence-electron chi connectivity index (χ0n) is 28.2. The van der Waals surface area contributed by atoms with Gasteiger partial charge in [-0.2, -0.15) is 0 Å². The van der Waals surface area contributed by atoms with Crippen molar-refractivity contribution in [2.24, 2.45) is 0 Å². The molecule has 1 aliphatic carbocycles. The van der Waals surface area contributed by atoms with E-state index < -0.39 is 0 Å². The van der Waals surface area contributed by atoms with Gasteiger partial charge in [0, 0.05) is 37.9 Å². The average molecular weight is 654 g/mol. The van der Waals surface area contributed by atoms with Gasteiger partial charge in [0.05, 0.1) is 16.7 Å². The van der Waals surface area contributed by atoms with Gasteiger partial charge < -0.3 is 4.42 Å². The molecule has 0 bridgehead atoms. The fourth-order valence-corrected chi connectivity index (χ4v) is 8.62. The zero-order chi connectivity index (χ0) is 33.8. The van der Waals surface area contributed by atoms with E-state index in [1.54, 1.807) is 0 Å². The van der Waals surface area contributed by atoms with Gasteiger partial charge in [-0.25, -0.2) is 9.97 Å². The lowest BCUT2D eigenvalue weighted by atomic mass is 9.81. The Morgan fingerprint density at radius 2 is 1.24 bits per heavy atom. The molecule has 0 aliphatic heterocycles. The van der Waals surface area contributed by atoms with E-state index in [1.807, 2.05) is 18.2 Å². The van der Waals surface area contributed by atoms with Crippen LogP contribution < -0.4 is 0 Å². The van der Waals surface area contributed by atoms with Crippen LogP contribution in [-0.4, -0.2) is 14.5 Å². The Kier molecular flexibility index (Phi) is 5.70. The third-order valence-electron chi connectivity index (χ3n) is 11.0. The summed E-state index contributed by atoms with van der Waals surface area (Å²) < 4.78 is 9.05. The van der Waals surface area contributed by atoms with Gasteiger partial charge in [0.15, 0.2) is 5.58 Å². The van der Waals surface area contributed by atoms with E-state index in [9.17, 15) is 0 Å². The zero-order valence-corrected chi connectivity index (χ0v) is 28.2. The van der Waals surface area contributed by atoms with Gasteiger partial charge in [-0.3, -0.25) is 4.57 Å². The van der Waals surface area contributed by atoms with Crippen molar-refractivity contribution in [2.75, 3.05) is 0 Å². The highest BCUT2D eigenvalue weighted by Gasteiger charge is 2.35. The fourth-order valence-electron chi connectivity index (χ4n) is 8.62. The molecule has 3 aromatic heterocycles. The second-order valence-electron chi connectivity index (χ2n) is 14.2. The Hall–Kier alpha value is -6.52. The van der Waals surface area contributed by atoms with Crippen LogP contribution in [0.15, 0.2) is 156 Å². The van der Waals surface area contributed by atoms with Crippen LogP contribution in [0.5, 0.6) is 0 Å². The lowest BCUT2D eigenvalue weighted by Gasteiger charge is -2.22. The van der Waals surface area contributed by atoms with Crippen molar-refractivity contribution in [3.63, 3.8) is 0 Å². The van der Waals surface area contributed by atoms with Crippen LogP contribution in [0.2, 0.25) is 0 Å². The van der Waals surface area contributed by atoms with E-state index >= 15 is 0 Å². The molecule has 10 aromatic rings. The van der Waals surface area contributed by atoms with Gasteiger partial charge in [-0.05, 0) is 63.7 Å². The van der Waals surface area contributed by atoms with E-state index in [1.165, 1.54) is 27.8 Å². The number of fused-ring (bicyclic) bond motifs is 11. The van der Waals surface area contributed by atoms with E-state index in [0.717, 1.165) is 71.5 Å². The predicted molar refractivity (Wildman–Crippen MR) is 210 cm³/mol. The highest BCUT2D eigenvalue weighted by molar-refractivity contribution is 6.26. The molecule has 240 valence electrons. The largest absolute Gasteiger partial charge is 0.454 e. The summed E-state index contributed by atoms with van der Waals surface area (Å²) in [6.45, 7) is 4.69. The Balaban J connectivity index is 1.29. The molecule has 0 amide bonds. The fraction of sp³-hybridized carbons (Fsp3) is 0.0638. The van der Waals surface area contributed by atoms with Crippen LogP contribution in [0, 0.1) is 0 Å². The van der Waals surface area contributed by atoms with Gasteiger partial charge in [0.2, 0.25) is 5.95 Å². The smallest absolute Gasteiger partial charge is 0.235 e. The number of benzene rings is 7. The Bertz CT molecular complexity index is 3060. The topological polar surface area (TPSA) is 43.9 Å². The number of aromatic nitrogens is 3. The predicted octanol–water partition coefficient (Wildman–Crippen LogP) is 12.3. The molecule has 0 unspecified atom stereocenters. The molecule has 3 heterocycles. The molecule has 0 radical (unpaired) electrons. The van der Waals surface area contributed by atoms with Crippen LogP contribution in [-0.2, 0) is 5.41 Å². The Morgan fingerprint density at radius 3 is 2.12 bits per heavy atom. The summed E-state index contributed by atoms with van der Waals surface area (Å²) in [4.78, 5) is 10.6. The first-order valence-corrected chi connectivity index (χ1v) is 17.5. The van der Waals surface area contributed by atoms with Gasteiger partial charge in [-0.15, -0.1) is 0 Å². The molecule has 51 heavy (non-hydrogen) atoms. The second-order valence-corrected chi connectivity index (χ2v) is 14.2. The number of hydrogen-bond donors (Lipinski definition) is 0. The molecule has 0 fully saturated rings. The SMILES string of the molecule is CC1(C)c2ccccc2-c2ccc(-c3cc4c5ccccc5oc4c4c3c3ccccc3n4-c3nc(-c4ccccc4)c4ccccc4n3)cc21. The number of furan rings is 1. The number of nitrogens with zero attached hydrogens (tertiary/aromatic N) is 3. The van der Waals surface area contributed by atoms with Gasteiger partial charge in [0.1, 0.15) is 11.1 Å². The van der Waals surface area contributed by atoms with E-state index in [-0.39, 0.29) is 5.41 Å². The van der Waals surface area contributed by atoms with Crippen LogP contribution in [0.3, 0.4) is 0 Å². The summed E-state index contributed by atoms with van der Waals surface area (Å²) in [6, 6.07) is 53.9. The molecule has 0 saturated heterocycles. The standard InChI is InChI=1S/C47H31N3O/c1-47(2)37-20-10-6-16-30(37)31-25-24-29(26-38(31)47)35-27-36-32-17-9-13-23-41(32)51-45(36)44-42(35)34-19-8-12-22-40(34)50(44)46-48-39-21-11-7-18-33(39)43(49-46)28-14-4-3-5-15-28/h3-27H,1-2H3. The van der Waals surface area contributed by atoms with Crippen LogP contribution >= 0.6 is 0 Å². The summed E-state index contributed by atoms with van der Waals surface area (Å²) in [5.41, 5.74) is 14.1. The summed E-state index contributed by atoms with van der Waals surface area (Å²) in [5, 5.41) is 5.44. The molecule has 0 spiro atoms. The lowest BCUT2D eigenvalue weighted by molar-refractivity contribution is 0.660.